The van der Waals surface area contributed by atoms with Gasteiger partial charge in [0.05, 0.1) is 0 Å². The van der Waals surface area contributed by atoms with Crippen molar-refractivity contribution in [2.45, 2.75) is 39.3 Å². The number of hydrogen-bond acceptors (Lipinski definition) is 1. The lowest BCUT2D eigenvalue weighted by Crippen LogP contribution is -2.24. The van der Waals surface area contributed by atoms with Gasteiger partial charge in [0.2, 0.25) is 0 Å². The highest BCUT2D eigenvalue weighted by Crippen LogP contribution is 2.24. The highest BCUT2D eigenvalue weighted by molar-refractivity contribution is 9.10. The lowest BCUT2D eigenvalue weighted by Gasteiger charge is -2.23. The van der Waals surface area contributed by atoms with E-state index >= 15 is 0 Å². The Labute approximate surface area is 130 Å². The molecule has 2 atom stereocenters. The topological polar surface area (TPSA) is 12.0 Å². The summed E-state index contributed by atoms with van der Waals surface area (Å²) in [5.41, 5.74) is 4.00. The molecule has 0 aliphatic heterocycles. The van der Waals surface area contributed by atoms with E-state index in [2.05, 4.69) is 90.5 Å². The van der Waals surface area contributed by atoms with Gasteiger partial charge in [-0.05, 0) is 43.5 Å². The maximum absolute atomic E-state index is 3.73. The molecule has 1 nitrogen and oxygen atoms in total. The van der Waals surface area contributed by atoms with Crippen LogP contribution in [0.4, 0.5) is 0 Å². The molecule has 2 aromatic carbocycles. The average Bonchev–Trinajstić information content (AvgIpc) is 2.45. The van der Waals surface area contributed by atoms with E-state index in [1.165, 1.54) is 16.7 Å². The van der Waals surface area contributed by atoms with E-state index in [-0.39, 0.29) is 0 Å². The fourth-order valence-corrected chi connectivity index (χ4v) is 2.75. The minimum atomic E-state index is 0.350. The summed E-state index contributed by atoms with van der Waals surface area (Å²) in [5.74, 6) is 0. The van der Waals surface area contributed by atoms with Gasteiger partial charge in [0.25, 0.3) is 0 Å². The lowest BCUT2D eigenvalue weighted by molar-refractivity contribution is 0.456. The smallest absolute Gasteiger partial charge is 0.0323 e. The largest absolute Gasteiger partial charge is 0.303 e. The van der Waals surface area contributed by atoms with Gasteiger partial charge in [0.15, 0.2) is 0 Å². The van der Waals surface area contributed by atoms with E-state index in [9.17, 15) is 0 Å². The van der Waals surface area contributed by atoms with Crippen molar-refractivity contribution in [3.05, 3.63) is 69.7 Å². The number of halogens is 1. The third-order valence-corrected chi connectivity index (χ3v) is 4.20. The Bertz CT molecular complexity index is 548. The van der Waals surface area contributed by atoms with Gasteiger partial charge < -0.3 is 5.32 Å². The average molecular weight is 332 g/mol. The SMILES string of the molecule is CCC(N[C@@H](C)c1cccc(C)c1)c1ccc(Br)cc1. The number of nitrogens with one attached hydrogen (secondary N) is 1. The van der Waals surface area contributed by atoms with Crippen LogP contribution in [-0.2, 0) is 0 Å². The fourth-order valence-electron chi connectivity index (χ4n) is 2.48. The van der Waals surface area contributed by atoms with Gasteiger partial charge in [-0.3, -0.25) is 0 Å². The van der Waals surface area contributed by atoms with Crippen LogP contribution in [0.25, 0.3) is 0 Å². The van der Waals surface area contributed by atoms with Crippen LogP contribution in [0, 0.1) is 6.92 Å². The summed E-state index contributed by atoms with van der Waals surface area (Å²) < 4.78 is 1.13. The Balaban J connectivity index is 2.11. The van der Waals surface area contributed by atoms with Crippen LogP contribution in [0.2, 0.25) is 0 Å². The molecule has 2 heteroatoms. The van der Waals surface area contributed by atoms with Crippen molar-refractivity contribution in [1.82, 2.24) is 5.32 Å². The Kier molecular flexibility index (Phi) is 5.38. The molecule has 2 rings (SSSR count). The number of benzene rings is 2. The van der Waals surface area contributed by atoms with Gasteiger partial charge in [-0.25, -0.2) is 0 Å². The molecule has 0 spiro atoms. The lowest BCUT2D eigenvalue weighted by atomic mass is 10.0. The maximum atomic E-state index is 3.73. The molecule has 1 N–H and O–H groups in total. The van der Waals surface area contributed by atoms with Crippen LogP contribution >= 0.6 is 15.9 Å². The molecule has 106 valence electrons. The zero-order valence-corrected chi connectivity index (χ0v) is 13.9. The first-order valence-corrected chi connectivity index (χ1v) is 7.97. The predicted octanol–water partition coefficient (Wildman–Crippen LogP) is 5.56. The van der Waals surface area contributed by atoms with Crippen molar-refractivity contribution in [1.29, 1.82) is 0 Å². The normalized spacial score (nSPS) is 14.0. The van der Waals surface area contributed by atoms with Crippen LogP contribution in [0.1, 0.15) is 49.0 Å². The van der Waals surface area contributed by atoms with Crippen molar-refractivity contribution < 1.29 is 0 Å². The van der Waals surface area contributed by atoms with Gasteiger partial charge in [-0.2, -0.15) is 0 Å². The molecule has 0 aromatic heterocycles. The van der Waals surface area contributed by atoms with Crippen LogP contribution in [-0.4, -0.2) is 0 Å². The zero-order chi connectivity index (χ0) is 14.5. The summed E-state index contributed by atoms with van der Waals surface area (Å²) >= 11 is 3.49. The van der Waals surface area contributed by atoms with E-state index < -0.39 is 0 Å². The minimum Gasteiger partial charge on any atom is -0.303 e. The van der Waals surface area contributed by atoms with Crippen molar-refractivity contribution >= 4 is 15.9 Å². The molecule has 0 fully saturated rings. The molecule has 0 amide bonds. The summed E-state index contributed by atoms with van der Waals surface area (Å²) in [6.45, 7) is 6.60. The number of hydrogen-bond donors (Lipinski definition) is 1. The molecule has 0 saturated carbocycles. The van der Waals surface area contributed by atoms with E-state index in [0.29, 0.717) is 12.1 Å². The van der Waals surface area contributed by atoms with Crippen molar-refractivity contribution in [3.8, 4) is 0 Å². The summed E-state index contributed by atoms with van der Waals surface area (Å²) in [7, 11) is 0. The molecule has 0 radical (unpaired) electrons. The molecule has 1 unspecified atom stereocenters. The van der Waals surface area contributed by atoms with Crippen LogP contribution < -0.4 is 5.32 Å². The molecule has 0 bridgehead atoms. The maximum Gasteiger partial charge on any atom is 0.0323 e. The molecular formula is C18H22BrN. The number of aryl methyl sites for hydroxylation is 1. The summed E-state index contributed by atoms with van der Waals surface area (Å²) in [5, 5.41) is 3.73. The Morgan fingerprint density at radius 3 is 2.35 bits per heavy atom. The Hall–Kier alpha value is -1.12. The highest BCUT2D eigenvalue weighted by atomic mass is 79.9. The zero-order valence-electron chi connectivity index (χ0n) is 12.4. The molecule has 0 aliphatic rings. The summed E-state index contributed by atoms with van der Waals surface area (Å²) in [6, 6.07) is 18.1. The molecule has 0 aliphatic carbocycles. The van der Waals surface area contributed by atoms with Crippen molar-refractivity contribution in [3.63, 3.8) is 0 Å². The first-order valence-electron chi connectivity index (χ1n) is 7.18. The van der Waals surface area contributed by atoms with Gasteiger partial charge in [0.1, 0.15) is 0 Å². The van der Waals surface area contributed by atoms with Gasteiger partial charge in [0, 0.05) is 16.6 Å². The van der Waals surface area contributed by atoms with Gasteiger partial charge >= 0.3 is 0 Å². The molecule has 0 saturated heterocycles. The predicted molar refractivity (Wildman–Crippen MR) is 89.9 cm³/mol. The first-order chi connectivity index (χ1) is 9.60. The molecular weight excluding hydrogens is 310 g/mol. The van der Waals surface area contributed by atoms with E-state index in [4.69, 9.17) is 0 Å². The second-order valence-corrected chi connectivity index (χ2v) is 6.23. The summed E-state index contributed by atoms with van der Waals surface area (Å²) in [4.78, 5) is 0. The standard InChI is InChI=1S/C18H22BrN/c1-4-18(15-8-10-17(19)11-9-15)20-14(3)16-7-5-6-13(2)12-16/h5-12,14,18,20H,4H2,1-3H3/t14-,18?/m0/s1. The Morgan fingerprint density at radius 2 is 1.75 bits per heavy atom. The molecule has 20 heavy (non-hydrogen) atoms. The number of rotatable bonds is 5. The van der Waals surface area contributed by atoms with Crippen LogP contribution in [0.15, 0.2) is 53.0 Å². The van der Waals surface area contributed by atoms with Gasteiger partial charge in [-0.1, -0.05) is 64.8 Å². The first kappa shape index (κ1) is 15.3. The van der Waals surface area contributed by atoms with Crippen molar-refractivity contribution in [2.24, 2.45) is 0 Å². The fraction of sp³-hybridized carbons (Fsp3) is 0.333. The third-order valence-electron chi connectivity index (χ3n) is 3.67. The van der Waals surface area contributed by atoms with E-state index in [1.807, 2.05) is 0 Å². The highest BCUT2D eigenvalue weighted by Gasteiger charge is 2.13. The Morgan fingerprint density at radius 1 is 1.05 bits per heavy atom. The monoisotopic (exact) mass is 331 g/mol. The third kappa shape index (κ3) is 3.94. The van der Waals surface area contributed by atoms with Crippen LogP contribution in [0.3, 0.4) is 0 Å². The quantitative estimate of drug-likeness (QED) is 0.756. The molecule has 0 heterocycles. The molecule has 2 aromatic rings. The van der Waals surface area contributed by atoms with Crippen molar-refractivity contribution in [2.75, 3.05) is 0 Å². The minimum absolute atomic E-state index is 0.350. The second-order valence-electron chi connectivity index (χ2n) is 5.31. The summed E-state index contributed by atoms with van der Waals surface area (Å²) in [6.07, 6.45) is 1.08. The van der Waals surface area contributed by atoms with E-state index in [1.54, 1.807) is 0 Å². The second kappa shape index (κ2) is 7.05. The van der Waals surface area contributed by atoms with Crippen LogP contribution in [0.5, 0.6) is 0 Å². The van der Waals surface area contributed by atoms with E-state index in [0.717, 1.165) is 10.9 Å². The van der Waals surface area contributed by atoms with Gasteiger partial charge in [-0.15, -0.1) is 0 Å².